The first-order valence-electron chi connectivity index (χ1n) is 6.41. The maximum atomic E-state index is 11.5. The Hall–Kier alpha value is -1.27. The second-order valence-corrected chi connectivity index (χ2v) is 5.05. The molecule has 0 N–H and O–H groups in total. The van der Waals surface area contributed by atoms with Crippen LogP contribution >= 0.6 is 0 Å². The summed E-state index contributed by atoms with van der Waals surface area (Å²) in [5.41, 5.74) is 1.18. The van der Waals surface area contributed by atoms with Crippen molar-refractivity contribution in [2.24, 2.45) is 11.8 Å². The predicted octanol–water partition coefficient (Wildman–Crippen LogP) is 2.02. The highest BCUT2D eigenvalue weighted by Gasteiger charge is 2.52. The summed E-state index contributed by atoms with van der Waals surface area (Å²) in [6.07, 6.45) is 0.180. The Morgan fingerprint density at radius 2 is 1.68 bits per heavy atom. The van der Waals surface area contributed by atoms with Gasteiger partial charge in [0.15, 0.2) is 0 Å². The van der Waals surface area contributed by atoms with Crippen molar-refractivity contribution < 1.29 is 24.3 Å². The van der Waals surface area contributed by atoms with Crippen molar-refractivity contribution in [2.75, 3.05) is 0 Å². The first-order chi connectivity index (χ1) is 9.24. The minimum atomic E-state index is -0.530. The number of carbonyl (C=O) groups excluding carboxylic acids is 1. The minimum absolute atomic E-state index is 0.0656. The van der Waals surface area contributed by atoms with E-state index in [1.807, 2.05) is 30.3 Å². The van der Waals surface area contributed by atoms with Crippen molar-refractivity contribution in [1.82, 2.24) is 0 Å². The molecule has 0 spiro atoms. The quantitative estimate of drug-likeness (QED) is 0.761. The van der Waals surface area contributed by atoms with Gasteiger partial charge >= 0.3 is 0 Å². The molecule has 0 aliphatic carbocycles. The van der Waals surface area contributed by atoms with E-state index in [1.54, 1.807) is 6.92 Å². The smallest absolute Gasteiger partial charge is 0.232 e. The third kappa shape index (κ3) is 2.69. The zero-order valence-electron chi connectivity index (χ0n) is 10.7. The lowest BCUT2D eigenvalue weighted by Crippen LogP contribution is -2.28. The Bertz CT molecular complexity index is 426. The Morgan fingerprint density at radius 1 is 1.11 bits per heavy atom. The topological polar surface area (TPSA) is 54.0 Å². The van der Waals surface area contributed by atoms with Gasteiger partial charge in [0.05, 0.1) is 5.92 Å². The van der Waals surface area contributed by atoms with Gasteiger partial charge in [-0.2, -0.15) is 19.6 Å². The zero-order valence-corrected chi connectivity index (χ0v) is 10.7. The van der Waals surface area contributed by atoms with Gasteiger partial charge in [-0.3, -0.25) is 0 Å². The second-order valence-electron chi connectivity index (χ2n) is 5.05. The van der Waals surface area contributed by atoms with Crippen molar-refractivity contribution in [3.63, 3.8) is 0 Å². The van der Waals surface area contributed by atoms with E-state index in [-0.39, 0.29) is 17.6 Å². The van der Waals surface area contributed by atoms with Gasteiger partial charge in [0.25, 0.3) is 0 Å². The second kappa shape index (κ2) is 5.38. The lowest BCUT2D eigenvalue weighted by atomic mass is 9.83. The summed E-state index contributed by atoms with van der Waals surface area (Å²) in [6, 6.07) is 10.1. The molecule has 5 heteroatoms. The fourth-order valence-corrected chi connectivity index (χ4v) is 2.71. The van der Waals surface area contributed by atoms with Gasteiger partial charge in [0.1, 0.15) is 5.78 Å². The standard InChI is InChI=1S/C14H16O5/c1-9(15)7-11(8-10-5-3-2-4-6-10)12-13-16-18-14(12)19-17-13/h2-6,11-14H,7-8H2,1H3. The third-order valence-corrected chi connectivity index (χ3v) is 3.55. The molecule has 0 amide bonds. The van der Waals surface area contributed by atoms with Gasteiger partial charge in [-0.05, 0) is 24.8 Å². The monoisotopic (exact) mass is 264 g/mol. The summed E-state index contributed by atoms with van der Waals surface area (Å²) in [4.78, 5) is 31.5. The van der Waals surface area contributed by atoms with Crippen LogP contribution in [0.25, 0.3) is 0 Å². The van der Waals surface area contributed by atoms with Crippen LogP contribution in [0, 0.1) is 11.8 Å². The highest BCUT2D eigenvalue weighted by atomic mass is 17.4. The Morgan fingerprint density at radius 3 is 2.21 bits per heavy atom. The normalized spacial score (nSPS) is 30.5. The SMILES string of the molecule is CC(=O)CC(Cc1ccccc1)C1C2OOC1OO2. The van der Waals surface area contributed by atoms with E-state index in [9.17, 15) is 4.79 Å². The van der Waals surface area contributed by atoms with Crippen LogP contribution < -0.4 is 0 Å². The number of carbonyl (C=O) groups is 1. The summed E-state index contributed by atoms with van der Waals surface area (Å²) >= 11 is 0. The molecule has 1 aromatic rings. The van der Waals surface area contributed by atoms with Crippen LogP contribution in [0.2, 0.25) is 0 Å². The lowest BCUT2D eigenvalue weighted by Gasteiger charge is -2.20. The molecule has 5 nitrogen and oxygen atoms in total. The number of hydrogen-bond donors (Lipinski definition) is 0. The van der Waals surface area contributed by atoms with Crippen molar-refractivity contribution in [3.05, 3.63) is 35.9 Å². The molecule has 19 heavy (non-hydrogen) atoms. The van der Waals surface area contributed by atoms with E-state index in [4.69, 9.17) is 19.6 Å². The Labute approximate surface area is 111 Å². The van der Waals surface area contributed by atoms with Gasteiger partial charge in [0.2, 0.25) is 12.6 Å². The third-order valence-electron chi connectivity index (χ3n) is 3.55. The average Bonchev–Trinajstić information content (AvgIpc) is 2.98. The first kappa shape index (κ1) is 12.7. The molecule has 0 aromatic heterocycles. The number of benzene rings is 1. The molecular formula is C14H16O5. The summed E-state index contributed by atoms with van der Waals surface area (Å²) in [6.45, 7) is 1.60. The predicted molar refractivity (Wildman–Crippen MR) is 64.3 cm³/mol. The maximum absolute atomic E-state index is 11.5. The van der Waals surface area contributed by atoms with E-state index in [2.05, 4.69) is 0 Å². The van der Waals surface area contributed by atoms with Gasteiger partial charge < -0.3 is 4.79 Å². The molecule has 2 fully saturated rings. The van der Waals surface area contributed by atoms with Crippen molar-refractivity contribution in [2.45, 2.75) is 32.3 Å². The summed E-state index contributed by atoms with van der Waals surface area (Å²) in [5, 5.41) is 0. The van der Waals surface area contributed by atoms with Crippen LogP contribution in [0.15, 0.2) is 30.3 Å². The summed E-state index contributed by atoms with van der Waals surface area (Å²) in [7, 11) is 0. The number of hydrogen-bond acceptors (Lipinski definition) is 5. The fraction of sp³-hybridized carbons (Fsp3) is 0.500. The number of Topliss-reactive ketones (excluding diaryl/α,β-unsaturated/α-hetero) is 1. The minimum Gasteiger partial charge on any atom is -0.300 e. The maximum Gasteiger partial charge on any atom is 0.232 e. The van der Waals surface area contributed by atoms with E-state index in [0.29, 0.717) is 6.42 Å². The van der Waals surface area contributed by atoms with Crippen LogP contribution in [0.1, 0.15) is 18.9 Å². The molecule has 2 heterocycles. The largest absolute Gasteiger partial charge is 0.300 e. The highest BCUT2D eigenvalue weighted by Crippen LogP contribution is 2.41. The average molecular weight is 264 g/mol. The Balaban J connectivity index is 1.76. The highest BCUT2D eigenvalue weighted by molar-refractivity contribution is 5.75. The zero-order chi connectivity index (χ0) is 13.2. The van der Waals surface area contributed by atoms with Gasteiger partial charge in [-0.25, -0.2) is 0 Å². The molecule has 2 aliphatic heterocycles. The van der Waals surface area contributed by atoms with E-state index in [0.717, 1.165) is 6.42 Å². The van der Waals surface area contributed by atoms with Crippen molar-refractivity contribution >= 4 is 5.78 Å². The van der Waals surface area contributed by atoms with Crippen molar-refractivity contribution in [3.8, 4) is 0 Å². The molecule has 2 bridgehead atoms. The molecule has 3 rings (SSSR count). The number of rotatable bonds is 5. The van der Waals surface area contributed by atoms with Crippen LogP contribution in [0.3, 0.4) is 0 Å². The van der Waals surface area contributed by atoms with Crippen LogP contribution in [-0.2, 0) is 30.8 Å². The molecule has 0 radical (unpaired) electrons. The van der Waals surface area contributed by atoms with E-state index < -0.39 is 12.6 Å². The molecule has 102 valence electrons. The summed E-state index contributed by atoms with van der Waals surface area (Å²) < 4.78 is 0. The molecule has 1 unspecified atom stereocenters. The number of ketones is 1. The van der Waals surface area contributed by atoms with Crippen LogP contribution in [0.4, 0.5) is 0 Å². The molecule has 1 atom stereocenters. The first-order valence-corrected chi connectivity index (χ1v) is 6.41. The van der Waals surface area contributed by atoms with Gasteiger partial charge in [0, 0.05) is 6.42 Å². The molecular weight excluding hydrogens is 248 g/mol. The van der Waals surface area contributed by atoms with Crippen LogP contribution in [0.5, 0.6) is 0 Å². The Kier molecular flexibility index (Phi) is 3.61. The molecule has 2 saturated heterocycles. The molecule has 1 aromatic carbocycles. The van der Waals surface area contributed by atoms with E-state index >= 15 is 0 Å². The number of fused-ring (bicyclic) bond motifs is 2. The van der Waals surface area contributed by atoms with Gasteiger partial charge in [-0.15, -0.1) is 0 Å². The van der Waals surface area contributed by atoms with E-state index in [1.165, 1.54) is 5.56 Å². The van der Waals surface area contributed by atoms with Crippen LogP contribution in [-0.4, -0.2) is 18.4 Å². The van der Waals surface area contributed by atoms with Crippen molar-refractivity contribution in [1.29, 1.82) is 0 Å². The van der Waals surface area contributed by atoms with Gasteiger partial charge in [-0.1, -0.05) is 30.3 Å². The fourth-order valence-electron chi connectivity index (χ4n) is 2.71. The molecule has 2 aliphatic rings. The lowest BCUT2D eigenvalue weighted by molar-refractivity contribution is -0.528. The molecule has 0 saturated carbocycles. The summed E-state index contributed by atoms with van der Waals surface area (Å²) in [5.74, 6) is 0.163.